The number of aromatic nitrogens is 1. The highest BCUT2D eigenvalue weighted by Gasteiger charge is 1.93. The number of nitrogens with zero attached hydrogens (tertiary/aromatic N) is 1. The van der Waals surface area contributed by atoms with Crippen LogP contribution in [0.15, 0.2) is 29.4 Å². The van der Waals surface area contributed by atoms with Gasteiger partial charge in [-0.05, 0) is 30.7 Å². The maximum absolute atomic E-state index is 5.58. The first-order valence-electron chi connectivity index (χ1n) is 4.53. The van der Waals surface area contributed by atoms with Gasteiger partial charge in [-0.3, -0.25) is 0 Å². The summed E-state index contributed by atoms with van der Waals surface area (Å²) in [5.41, 5.74) is 0. The van der Waals surface area contributed by atoms with Crippen molar-refractivity contribution in [2.24, 2.45) is 0 Å². The predicted molar refractivity (Wildman–Crippen MR) is 59.5 cm³/mol. The van der Waals surface area contributed by atoms with E-state index in [1.54, 1.807) is 0 Å². The van der Waals surface area contributed by atoms with E-state index in [0.29, 0.717) is 0 Å². The minimum atomic E-state index is 0.786. The first-order valence-corrected chi connectivity index (χ1v) is 6.05. The van der Waals surface area contributed by atoms with Crippen LogP contribution in [0.4, 0.5) is 0 Å². The SMILES string of the molecule is ClCCCCCSc1ccccn1. The highest BCUT2D eigenvalue weighted by Crippen LogP contribution is 2.16. The average Bonchev–Trinajstić information content (AvgIpc) is 2.19. The Labute approximate surface area is 88.9 Å². The molecule has 0 aliphatic carbocycles. The fourth-order valence-electron chi connectivity index (χ4n) is 0.983. The van der Waals surface area contributed by atoms with Gasteiger partial charge in [0.2, 0.25) is 0 Å². The van der Waals surface area contributed by atoms with Crippen LogP contribution in [-0.4, -0.2) is 16.6 Å². The predicted octanol–water partition coefficient (Wildman–Crippen LogP) is 3.58. The number of hydrogen-bond acceptors (Lipinski definition) is 2. The lowest BCUT2D eigenvalue weighted by Crippen LogP contribution is -1.83. The number of hydrogen-bond donors (Lipinski definition) is 0. The molecule has 0 bridgehead atoms. The van der Waals surface area contributed by atoms with Crippen molar-refractivity contribution in [3.63, 3.8) is 0 Å². The minimum Gasteiger partial charge on any atom is -0.250 e. The molecule has 1 nitrogen and oxygen atoms in total. The molecule has 13 heavy (non-hydrogen) atoms. The lowest BCUT2D eigenvalue weighted by Gasteiger charge is -1.99. The van der Waals surface area contributed by atoms with E-state index in [0.717, 1.165) is 23.1 Å². The van der Waals surface area contributed by atoms with E-state index in [1.165, 1.54) is 12.8 Å². The maximum atomic E-state index is 5.58. The third-order valence-corrected chi connectivity index (χ3v) is 2.96. The summed E-state index contributed by atoms with van der Waals surface area (Å²) in [5.74, 6) is 1.93. The van der Waals surface area contributed by atoms with Crippen molar-refractivity contribution in [1.29, 1.82) is 0 Å². The first kappa shape index (κ1) is 10.9. The van der Waals surface area contributed by atoms with Gasteiger partial charge in [0.05, 0.1) is 5.03 Å². The van der Waals surface area contributed by atoms with Crippen molar-refractivity contribution in [2.45, 2.75) is 24.3 Å². The van der Waals surface area contributed by atoms with Crippen LogP contribution in [0.5, 0.6) is 0 Å². The van der Waals surface area contributed by atoms with E-state index in [-0.39, 0.29) is 0 Å². The molecule has 72 valence electrons. The number of halogens is 1. The fourth-order valence-corrected chi connectivity index (χ4v) is 2.04. The Bertz CT molecular complexity index is 215. The Hall–Kier alpha value is -0.210. The van der Waals surface area contributed by atoms with Crippen LogP contribution < -0.4 is 0 Å². The Morgan fingerprint density at radius 2 is 2.15 bits per heavy atom. The van der Waals surface area contributed by atoms with Gasteiger partial charge in [0, 0.05) is 12.1 Å². The molecule has 0 aromatic carbocycles. The zero-order valence-corrected chi connectivity index (χ0v) is 9.15. The van der Waals surface area contributed by atoms with E-state index in [1.807, 2.05) is 36.2 Å². The summed E-state index contributed by atoms with van der Waals surface area (Å²) in [6.45, 7) is 0. The molecule has 0 amide bonds. The largest absolute Gasteiger partial charge is 0.250 e. The van der Waals surface area contributed by atoms with Gasteiger partial charge in [-0.25, -0.2) is 4.98 Å². The summed E-state index contributed by atoms with van der Waals surface area (Å²) in [6, 6.07) is 6.01. The van der Waals surface area contributed by atoms with Crippen LogP contribution in [0.2, 0.25) is 0 Å². The average molecular weight is 216 g/mol. The third kappa shape index (κ3) is 5.17. The lowest BCUT2D eigenvalue weighted by atomic mass is 10.3. The van der Waals surface area contributed by atoms with Crippen LogP contribution in [0, 0.1) is 0 Å². The lowest BCUT2D eigenvalue weighted by molar-refractivity contribution is 0.782. The van der Waals surface area contributed by atoms with Gasteiger partial charge in [0.1, 0.15) is 0 Å². The number of thioether (sulfide) groups is 1. The van der Waals surface area contributed by atoms with Gasteiger partial charge in [-0.2, -0.15) is 0 Å². The molecule has 1 aromatic rings. The molecular formula is C10H14ClNS. The van der Waals surface area contributed by atoms with E-state index in [2.05, 4.69) is 4.98 Å². The molecule has 0 saturated heterocycles. The monoisotopic (exact) mass is 215 g/mol. The van der Waals surface area contributed by atoms with E-state index >= 15 is 0 Å². The molecule has 0 saturated carbocycles. The van der Waals surface area contributed by atoms with Crippen LogP contribution in [0.1, 0.15) is 19.3 Å². The van der Waals surface area contributed by atoms with Crippen molar-refractivity contribution >= 4 is 23.4 Å². The Balaban J connectivity index is 2.07. The summed E-state index contributed by atoms with van der Waals surface area (Å²) in [4.78, 5) is 4.23. The van der Waals surface area contributed by atoms with Gasteiger partial charge < -0.3 is 0 Å². The molecule has 0 unspecified atom stereocenters. The number of unbranched alkanes of at least 4 members (excludes halogenated alkanes) is 2. The van der Waals surface area contributed by atoms with Crippen LogP contribution in [0.3, 0.4) is 0 Å². The second-order valence-corrected chi connectivity index (χ2v) is 4.26. The van der Waals surface area contributed by atoms with Gasteiger partial charge in [-0.15, -0.1) is 23.4 Å². The molecule has 1 rings (SSSR count). The van der Waals surface area contributed by atoms with Crippen molar-refractivity contribution < 1.29 is 0 Å². The molecule has 3 heteroatoms. The van der Waals surface area contributed by atoms with Crippen LogP contribution in [-0.2, 0) is 0 Å². The highest BCUT2D eigenvalue weighted by atomic mass is 35.5. The number of rotatable bonds is 6. The summed E-state index contributed by atoms with van der Waals surface area (Å²) in [5, 5.41) is 1.12. The number of pyridine rings is 1. The van der Waals surface area contributed by atoms with Gasteiger partial charge in [0.15, 0.2) is 0 Å². The summed E-state index contributed by atoms with van der Waals surface area (Å²) in [6.07, 6.45) is 5.42. The quantitative estimate of drug-likeness (QED) is 0.409. The highest BCUT2D eigenvalue weighted by molar-refractivity contribution is 7.99. The Morgan fingerprint density at radius 3 is 2.85 bits per heavy atom. The van der Waals surface area contributed by atoms with Gasteiger partial charge in [0.25, 0.3) is 0 Å². The maximum Gasteiger partial charge on any atom is 0.0959 e. The Kier molecular flexibility index (Phi) is 6.03. The third-order valence-electron chi connectivity index (χ3n) is 1.67. The summed E-state index contributed by atoms with van der Waals surface area (Å²) < 4.78 is 0. The molecule has 1 aromatic heterocycles. The van der Waals surface area contributed by atoms with Crippen LogP contribution in [0.25, 0.3) is 0 Å². The Morgan fingerprint density at radius 1 is 1.23 bits per heavy atom. The molecule has 0 N–H and O–H groups in total. The molecule has 0 atom stereocenters. The summed E-state index contributed by atoms with van der Waals surface area (Å²) >= 11 is 7.39. The molecular weight excluding hydrogens is 202 g/mol. The van der Waals surface area contributed by atoms with Crippen molar-refractivity contribution in [3.05, 3.63) is 24.4 Å². The first-order chi connectivity index (χ1) is 6.43. The van der Waals surface area contributed by atoms with Crippen molar-refractivity contribution in [2.75, 3.05) is 11.6 Å². The van der Waals surface area contributed by atoms with E-state index in [9.17, 15) is 0 Å². The normalized spacial score (nSPS) is 10.2. The molecule has 0 spiro atoms. The van der Waals surface area contributed by atoms with E-state index < -0.39 is 0 Å². The molecule has 0 aliphatic rings. The zero-order valence-electron chi connectivity index (χ0n) is 7.58. The zero-order chi connectivity index (χ0) is 9.36. The van der Waals surface area contributed by atoms with Crippen molar-refractivity contribution in [1.82, 2.24) is 4.98 Å². The fraction of sp³-hybridized carbons (Fsp3) is 0.500. The van der Waals surface area contributed by atoms with E-state index in [4.69, 9.17) is 11.6 Å². The van der Waals surface area contributed by atoms with Gasteiger partial charge >= 0.3 is 0 Å². The topological polar surface area (TPSA) is 12.9 Å². The second-order valence-electron chi connectivity index (χ2n) is 2.77. The number of alkyl halides is 1. The van der Waals surface area contributed by atoms with Crippen molar-refractivity contribution in [3.8, 4) is 0 Å². The molecule has 0 aliphatic heterocycles. The minimum absolute atomic E-state index is 0.786. The smallest absolute Gasteiger partial charge is 0.0959 e. The summed E-state index contributed by atoms with van der Waals surface area (Å²) in [7, 11) is 0. The molecule has 0 radical (unpaired) electrons. The van der Waals surface area contributed by atoms with Crippen LogP contribution >= 0.6 is 23.4 Å². The molecule has 0 fully saturated rings. The molecule has 1 heterocycles. The van der Waals surface area contributed by atoms with Gasteiger partial charge in [-0.1, -0.05) is 12.5 Å². The second kappa shape index (κ2) is 7.22. The standard InChI is InChI=1S/C10H14ClNS/c11-7-3-1-5-9-13-10-6-2-4-8-12-10/h2,4,6,8H,1,3,5,7,9H2.